The van der Waals surface area contributed by atoms with Crippen LogP contribution in [-0.4, -0.2) is 17.0 Å². The van der Waals surface area contributed by atoms with Crippen LogP contribution in [0.2, 0.25) is 0 Å². The molecule has 0 aliphatic heterocycles. The van der Waals surface area contributed by atoms with E-state index in [0.717, 1.165) is 12.3 Å². The molecule has 0 amide bonds. The van der Waals surface area contributed by atoms with E-state index in [9.17, 15) is 0 Å². The van der Waals surface area contributed by atoms with Gasteiger partial charge in [0, 0.05) is 16.5 Å². The second-order valence-corrected chi connectivity index (χ2v) is 8.59. The minimum atomic E-state index is 0.318. The molecular weight excluding hydrogens is 262 g/mol. The second-order valence-electron chi connectivity index (χ2n) is 6.74. The Morgan fingerprint density at radius 3 is 2.10 bits per heavy atom. The Morgan fingerprint density at radius 2 is 1.65 bits per heavy atom. The first-order chi connectivity index (χ1) is 9.24. The Balaban J connectivity index is 2.98. The quantitative estimate of drug-likeness (QED) is 0.775. The summed E-state index contributed by atoms with van der Waals surface area (Å²) in [5.41, 5.74) is 5.71. The lowest BCUT2D eigenvalue weighted by molar-refractivity contribution is 0.570. The standard InChI is InChI=1S/C18H31NS/c1-8-9-19-16(12-20-18(5,6)7)17-14(3)10-13(2)11-15(17)4/h10-11,16,19H,8-9,12H2,1-7H3. The normalized spacial score (nSPS) is 13.6. The number of benzene rings is 1. The molecule has 1 rings (SSSR count). The molecule has 1 atom stereocenters. The lowest BCUT2D eigenvalue weighted by Crippen LogP contribution is -2.27. The molecule has 0 bridgehead atoms. The van der Waals surface area contributed by atoms with E-state index in [1.54, 1.807) is 0 Å². The van der Waals surface area contributed by atoms with E-state index in [2.05, 4.69) is 65.9 Å². The largest absolute Gasteiger partial charge is 0.309 e. The highest BCUT2D eigenvalue weighted by Gasteiger charge is 2.19. The van der Waals surface area contributed by atoms with E-state index in [-0.39, 0.29) is 0 Å². The van der Waals surface area contributed by atoms with Crippen molar-refractivity contribution in [2.24, 2.45) is 0 Å². The third kappa shape index (κ3) is 5.49. The molecule has 0 fully saturated rings. The molecule has 0 aliphatic carbocycles. The van der Waals surface area contributed by atoms with Crippen LogP contribution in [0.1, 0.15) is 62.4 Å². The van der Waals surface area contributed by atoms with Gasteiger partial charge in [-0.05, 0) is 50.4 Å². The summed E-state index contributed by atoms with van der Waals surface area (Å²) in [7, 11) is 0. The summed E-state index contributed by atoms with van der Waals surface area (Å²) in [6.07, 6.45) is 1.18. The van der Waals surface area contributed by atoms with Gasteiger partial charge in [0.05, 0.1) is 0 Å². The first-order valence-electron chi connectivity index (χ1n) is 7.69. The van der Waals surface area contributed by atoms with Crippen molar-refractivity contribution in [3.63, 3.8) is 0 Å². The number of rotatable bonds is 6. The van der Waals surface area contributed by atoms with E-state index >= 15 is 0 Å². The lowest BCUT2D eigenvalue weighted by atomic mass is 9.95. The minimum Gasteiger partial charge on any atom is -0.309 e. The summed E-state index contributed by atoms with van der Waals surface area (Å²) in [5, 5.41) is 3.74. The van der Waals surface area contributed by atoms with E-state index in [0.29, 0.717) is 10.8 Å². The fourth-order valence-electron chi connectivity index (χ4n) is 2.64. The van der Waals surface area contributed by atoms with Crippen molar-refractivity contribution in [3.05, 3.63) is 34.4 Å². The zero-order valence-corrected chi connectivity index (χ0v) is 15.1. The molecule has 2 heteroatoms. The highest BCUT2D eigenvalue weighted by atomic mass is 32.2. The van der Waals surface area contributed by atoms with Gasteiger partial charge in [0.25, 0.3) is 0 Å². The second kappa shape index (κ2) is 7.51. The molecule has 0 saturated heterocycles. The molecule has 20 heavy (non-hydrogen) atoms. The van der Waals surface area contributed by atoms with Crippen molar-refractivity contribution < 1.29 is 0 Å². The third-order valence-electron chi connectivity index (χ3n) is 3.41. The minimum absolute atomic E-state index is 0.318. The number of aryl methyl sites for hydroxylation is 3. The van der Waals surface area contributed by atoms with Gasteiger partial charge in [0.2, 0.25) is 0 Å². The molecule has 0 aromatic heterocycles. The summed E-state index contributed by atoms with van der Waals surface area (Å²) >= 11 is 2.05. The first kappa shape index (κ1) is 17.6. The van der Waals surface area contributed by atoms with Gasteiger partial charge in [-0.25, -0.2) is 0 Å². The van der Waals surface area contributed by atoms with Crippen LogP contribution in [-0.2, 0) is 0 Å². The molecule has 1 aromatic rings. The number of hydrogen-bond acceptors (Lipinski definition) is 2. The fourth-order valence-corrected chi connectivity index (χ4v) is 3.59. The highest BCUT2D eigenvalue weighted by molar-refractivity contribution is 8.00. The first-order valence-corrected chi connectivity index (χ1v) is 8.68. The molecule has 1 aromatic carbocycles. The molecule has 1 unspecified atom stereocenters. The lowest BCUT2D eigenvalue weighted by Gasteiger charge is -2.27. The van der Waals surface area contributed by atoms with Crippen molar-refractivity contribution >= 4 is 11.8 Å². The summed E-state index contributed by atoms with van der Waals surface area (Å²) in [6.45, 7) is 16.9. The summed E-state index contributed by atoms with van der Waals surface area (Å²) in [5.74, 6) is 1.13. The molecule has 0 saturated carbocycles. The Morgan fingerprint density at radius 1 is 1.10 bits per heavy atom. The van der Waals surface area contributed by atoms with Gasteiger partial charge in [-0.1, -0.05) is 45.4 Å². The molecule has 0 heterocycles. The van der Waals surface area contributed by atoms with Crippen LogP contribution in [0.3, 0.4) is 0 Å². The summed E-state index contributed by atoms with van der Waals surface area (Å²) < 4.78 is 0.318. The van der Waals surface area contributed by atoms with Crippen molar-refractivity contribution in [1.82, 2.24) is 5.32 Å². The van der Waals surface area contributed by atoms with E-state index in [1.807, 2.05) is 11.8 Å². The number of hydrogen-bond donors (Lipinski definition) is 1. The number of nitrogens with one attached hydrogen (secondary N) is 1. The highest BCUT2D eigenvalue weighted by Crippen LogP contribution is 2.31. The fraction of sp³-hybridized carbons (Fsp3) is 0.667. The predicted octanol–water partition coefficient (Wildman–Crippen LogP) is 5.18. The third-order valence-corrected chi connectivity index (χ3v) is 4.78. The Labute approximate surface area is 129 Å². The van der Waals surface area contributed by atoms with Gasteiger partial charge in [-0.15, -0.1) is 0 Å². The molecule has 0 spiro atoms. The SMILES string of the molecule is CCCNC(CSC(C)(C)C)c1c(C)cc(C)cc1C. The van der Waals surface area contributed by atoms with Crippen LogP contribution < -0.4 is 5.32 Å². The zero-order valence-electron chi connectivity index (χ0n) is 14.3. The molecule has 0 aliphatic rings. The van der Waals surface area contributed by atoms with Gasteiger partial charge in [0.15, 0.2) is 0 Å². The van der Waals surface area contributed by atoms with E-state index < -0.39 is 0 Å². The van der Waals surface area contributed by atoms with Crippen LogP contribution in [0.5, 0.6) is 0 Å². The molecule has 1 N–H and O–H groups in total. The average Bonchev–Trinajstić information content (AvgIpc) is 2.29. The van der Waals surface area contributed by atoms with Crippen LogP contribution in [0.25, 0.3) is 0 Å². The van der Waals surface area contributed by atoms with Gasteiger partial charge >= 0.3 is 0 Å². The van der Waals surface area contributed by atoms with Gasteiger partial charge in [-0.3, -0.25) is 0 Å². The maximum atomic E-state index is 3.74. The van der Waals surface area contributed by atoms with Gasteiger partial charge < -0.3 is 5.32 Å². The Bertz CT molecular complexity index is 409. The molecule has 1 nitrogen and oxygen atoms in total. The van der Waals surface area contributed by atoms with Crippen molar-refractivity contribution in [2.75, 3.05) is 12.3 Å². The molecular formula is C18H31NS. The van der Waals surface area contributed by atoms with Crippen LogP contribution in [0, 0.1) is 20.8 Å². The Hall–Kier alpha value is -0.470. The van der Waals surface area contributed by atoms with Gasteiger partial charge in [0.1, 0.15) is 0 Å². The maximum absolute atomic E-state index is 3.74. The van der Waals surface area contributed by atoms with Crippen molar-refractivity contribution in [2.45, 2.75) is 65.7 Å². The predicted molar refractivity (Wildman–Crippen MR) is 93.9 cm³/mol. The van der Waals surface area contributed by atoms with E-state index in [4.69, 9.17) is 0 Å². The van der Waals surface area contributed by atoms with Gasteiger partial charge in [-0.2, -0.15) is 11.8 Å². The number of thioether (sulfide) groups is 1. The van der Waals surface area contributed by atoms with E-state index in [1.165, 1.54) is 28.7 Å². The maximum Gasteiger partial charge on any atom is 0.0417 e. The average molecular weight is 294 g/mol. The molecule has 0 radical (unpaired) electrons. The monoisotopic (exact) mass is 293 g/mol. The van der Waals surface area contributed by atoms with Crippen LogP contribution in [0.4, 0.5) is 0 Å². The van der Waals surface area contributed by atoms with Crippen molar-refractivity contribution in [3.8, 4) is 0 Å². The molecule has 114 valence electrons. The summed E-state index contributed by atoms with van der Waals surface area (Å²) in [6, 6.07) is 5.08. The van der Waals surface area contributed by atoms with Crippen molar-refractivity contribution in [1.29, 1.82) is 0 Å². The van der Waals surface area contributed by atoms with Crippen LogP contribution in [0.15, 0.2) is 12.1 Å². The van der Waals surface area contributed by atoms with Crippen LogP contribution >= 0.6 is 11.8 Å². The summed E-state index contributed by atoms with van der Waals surface area (Å²) in [4.78, 5) is 0. The smallest absolute Gasteiger partial charge is 0.0417 e. The Kier molecular flexibility index (Phi) is 6.60. The zero-order chi connectivity index (χ0) is 15.3. The topological polar surface area (TPSA) is 12.0 Å².